The van der Waals surface area contributed by atoms with Gasteiger partial charge in [0.05, 0.1) is 6.54 Å². The predicted octanol–water partition coefficient (Wildman–Crippen LogP) is 3.85. The molecule has 0 aliphatic carbocycles. The number of amides is 1. The van der Waals surface area contributed by atoms with E-state index < -0.39 is 0 Å². The Bertz CT molecular complexity index is 576. The Hall–Kier alpha value is -2.29. The number of rotatable bonds is 5. The van der Waals surface area contributed by atoms with Gasteiger partial charge in [-0.15, -0.1) is 0 Å². The molecule has 3 nitrogen and oxygen atoms in total. The SMILES string of the molecule is Cc1ccc(N(CC(=O)Nc2ccccc2)C(C)C)cc1. The van der Waals surface area contributed by atoms with Crippen molar-refractivity contribution in [2.24, 2.45) is 0 Å². The van der Waals surface area contributed by atoms with Crippen molar-refractivity contribution in [3.8, 4) is 0 Å². The van der Waals surface area contributed by atoms with Crippen LogP contribution < -0.4 is 10.2 Å². The Morgan fingerprint density at radius 2 is 1.67 bits per heavy atom. The normalized spacial score (nSPS) is 10.5. The smallest absolute Gasteiger partial charge is 0.243 e. The molecule has 0 unspecified atom stereocenters. The second-order valence-corrected chi connectivity index (χ2v) is 5.47. The summed E-state index contributed by atoms with van der Waals surface area (Å²) in [4.78, 5) is 14.3. The van der Waals surface area contributed by atoms with Gasteiger partial charge in [0.1, 0.15) is 0 Å². The molecule has 0 fully saturated rings. The molecule has 0 atom stereocenters. The van der Waals surface area contributed by atoms with Crippen molar-refractivity contribution in [3.63, 3.8) is 0 Å². The van der Waals surface area contributed by atoms with Crippen LogP contribution in [0, 0.1) is 6.92 Å². The largest absolute Gasteiger partial charge is 0.360 e. The molecular formula is C18H22N2O. The molecule has 2 aromatic carbocycles. The van der Waals surface area contributed by atoms with E-state index in [4.69, 9.17) is 0 Å². The lowest BCUT2D eigenvalue weighted by Gasteiger charge is -2.28. The standard InChI is InChI=1S/C18H22N2O/c1-14(2)20(17-11-9-15(3)10-12-17)13-18(21)19-16-7-5-4-6-8-16/h4-12,14H,13H2,1-3H3,(H,19,21). The van der Waals surface area contributed by atoms with Gasteiger partial charge in [-0.25, -0.2) is 0 Å². The number of hydrogen-bond donors (Lipinski definition) is 1. The predicted molar refractivity (Wildman–Crippen MR) is 88.7 cm³/mol. The van der Waals surface area contributed by atoms with E-state index in [1.165, 1.54) is 5.56 Å². The zero-order valence-electron chi connectivity index (χ0n) is 12.8. The van der Waals surface area contributed by atoms with Crippen LogP contribution >= 0.6 is 0 Å². The van der Waals surface area contributed by atoms with Gasteiger partial charge in [-0.2, -0.15) is 0 Å². The number of para-hydroxylation sites is 1. The third-order valence-corrected chi connectivity index (χ3v) is 3.36. The van der Waals surface area contributed by atoms with E-state index in [0.717, 1.165) is 11.4 Å². The lowest BCUT2D eigenvalue weighted by atomic mass is 10.2. The lowest BCUT2D eigenvalue weighted by Crippen LogP contribution is -2.38. The molecule has 0 aliphatic heterocycles. The summed E-state index contributed by atoms with van der Waals surface area (Å²) in [7, 11) is 0. The van der Waals surface area contributed by atoms with Crippen molar-refractivity contribution in [1.82, 2.24) is 0 Å². The molecule has 1 amide bonds. The summed E-state index contributed by atoms with van der Waals surface area (Å²) in [6, 6.07) is 18.1. The monoisotopic (exact) mass is 282 g/mol. The summed E-state index contributed by atoms with van der Waals surface area (Å²) in [5.41, 5.74) is 3.12. The van der Waals surface area contributed by atoms with Crippen LogP contribution in [0.1, 0.15) is 19.4 Å². The number of anilines is 2. The lowest BCUT2D eigenvalue weighted by molar-refractivity contribution is -0.115. The summed E-state index contributed by atoms with van der Waals surface area (Å²) in [5.74, 6) is -0.00419. The van der Waals surface area contributed by atoms with Gasteiger partial charge in [-0.1, -0.05) is 35.9 Å². The second-order valence-electron chi connectivity index (χ2n) is 5.47. The fourth-order valence-corrected chi connectivity index (χ4v) is 2.18. The topological polar surface area (TPSA) is 32.3 Å². The average Bonchev–Trinajstić information content (AvgIpc) is 2.47. The molecule has 2 rings (SSSR count). The summed E-state index contributed by atoms with van der Waals surface area (Å²) < 4.78 is 0. The summed E-state index contributed by atoms with van der Waals surface area (Å²) in [6.45, 7) is 6.59. The number of aryl methyl sites for hydroxylation is 1. The Labute approximate surface area is 126 Å². The third-order valence-electron chi connectivity index (χ3n) is 3.36. The first-order chi connectivity index (χ1) is 10.1. The van der Waals surface area contributed by atoms with Crippen LogP contribution in [0.15, 0.2) is 54.6 Å². The van der Waals surface area contributed by atoms with Gasteiger partial charge in [0.15, 0.2) is 0 Å². The molecular weight excluding hydrogens is 260 g/mol. The van der Waals surface area contributed by atoms with Crippen molar-refractivity contribution in [2.75, 3.05) is 16.8 Å². The Balaban J connectivity index is 2.06. The van der Waals surface area contributed by atoms with Gasteiger partial charge in [0.25, 0.3) is 0 Å². The van der Waals surface area contributed by atoms with Crippen molar-refractivity contribution >= 4 is 17.3 Å². The number of benzene rings is 2. The highest BCUT2D eigenvalue weighted by molar-refractivity contribution is 5.94. The molecule has 0 saturated carbocycles. The zero-order valence-corrected chi connectivity index (χ0v) is 12.8. The molecule has 3 heteroatoms. The minimum absolute atomic E-state index is 0.00419. The maximum atomic E-state index is 12.2. The van der Waals surface area contributed by atoms with Crippen LogP contribution in [0.5, 0.6) is 0 Å². The number of carbonyl (C=O) groups excluding carboxylic acids is 1. The van der Waals surface area contributed by atoms with Gasteiger partial charge < -0.3 is 10.2 Å². The van der Waals surface area contributed by atoms with Crippen LogP contribution in [-0.2, 0) is 4.79 Å². The van der Waals surface area contributed by atoms with Crippen molar-refractivity contribution in [2.45, 2.75) is 26.8 Å². The van der Waals surface area contributed by atoms with E-state index in [2.05, 4.69) is 55.3 Å². The fourth-order valence-electron chi connectivity index (χ4n) is 2.18. The van der Waals surface area contributed by atoms with E-state index in [-0.39, 0.29) is 11.9 Å². The molecule has 21 heavy (non-hydrogen) atoms. The molecule has 0 spiro atoms. The summed E-state index contributed by atoms with van der Waals surface area (Å²) in [5, 5.41) is 2.93. The van der Waals surface area contributed by atoms with Crippen LogP contribution in [0.4, 0.5) is 11.4 Å². The van der Waals surface area contributed by atoms with Crippen molar-refractivity contribution < 1.29 is 4.79 Å². The van der Waals surface area contributed by atoms with Crippen molar-refractivity contribution in [3.05, 3.63) is 60.2 Å². The first-order valence-electron chi connectivity index (χ1n) is 7.24. The first kappa shape index (κ1) is 15.1. The van der Waals surface area contributed by atoms with Crippen molar-refractivity contribution in [1.29, 1.82) is 0 Å². The first-order valence-corrected chi connectivity index (χ1v) is 7.24. The zero-order chi connectivity index (χ0) is 15.2. The van der Waals surface area contributed by atoms with Gasteiger partial charge in [-0.05, 0) is 45.0 Å². The molecule has 0 bridgehead atoms. The minimum atomic E-state index is -0.00419. The highest BCUT2D eigenvalue weighted by atomic mass is 16.2. The van der Waals surface area contributed by atoms with E-state index in [1.54, 1.807) is 0 Å². The minimum Gasteiger partial charge on any atom is -0.360 e. The van der Waals surface area contributed by atoms with Crippen LogP contribution in [0.2, 0.25) is 0 Å². The average molecular weight is 282 g/mol. The molecule has 110 valence electrons. The van der Waals surface area contributed by atoms with Crippen LogP contribution in [0.3, 0.4) is 0 Å². The number of carbonyl (C=O) groups is 1. The Morgan fingerprint density at radius 3 is 2.24 bits per heavy atom. The molecule has 0 aliphatic rings. The fraction of sp³-hybridized carbons (Fsp3) is 0.278. The van der Waals surface area contributed by atoms with Gasteiger partial charge >= 0.3 is 0 Å². The molecule has 0 saturated heterocycles. The van der Waals surface area contributed by atoms with Gasteiger partial charge in [0, 0.05) is 17.4 Å². The highest BCUT2D eigenvalue weighted by Crippen LogP contribution is 2.18. The summed E-state index contributed by atoms with van der Waals surface area (Å²) >= 11 is 0. The number of hydrogen-bond acceptors (Lipinski definition) is 2. The maximum Gasteiger partial charge on any atom is 0.243 e. The Kier molecular flexibility index (Phi) is 4.99. The number of nitrogens with zero attached hydrogens (tertiary/aromatic N) is 1. The quantitative estimate of drug-likeness (QED) is 0.903. The van der Waals surface area contributed by atoms with Gasteiger partial charge in [-0.3, -0.25) is 4.79 Å². The molecule has 2 aromatic rings. The summed E-state index contributed by atoms with van der Waals surface area (Å²) in [6.07, 6.45) is 0. The molecule has 0 radical (unpaired) electrons. The molecule has 1 N–H and O–H groups in total. The van der Waals surface area contributed by atoms with E-state index in [9.17, 15) is 4.79 Å². The second kappa shape index (κ2) is 6.93. The van der Waals surface area contributed by atoms with Crippen LogP contribution in [0.25, 0.3) is 0 Å². The van der Waals surface area contributed by atoms with E-state index in [0.29, 0.717) is 6.54 Å². The van der Waals surface area contributed by atoms with Crippen LogP contribution in [-0.4, -0.2) is 18.5 Å². The highest BCUT2D eigenvalue weighted by Gasteiger charge is 2.14. The number of nitrogens with one attached hydrogen (secondary N) is 1. The van der Waals surface area contributed by atoms with Gasteiger partial charge in [0.2, 0.25) is 5.91 Å². The molecule has 0 heterocycles. The van der Waals surface area contributed by atoms with E-state index >= 15 is 0 Å². The Morgan fingerprint density at radius 1 is 1.05 bits per heavy atom. The molecule has 0 aromatic heterocycles. The maximum absolute atomic E-state index is 12.2. The third kappa shape index (κ3) is 4.35. The van der Waals surface area contributed by atoms with E-state index in [1.807, 2.05) is 30.3 Å².